The summed E-state index contributed by atoms with van der Waals surface area (Å²) in [5.41, 5.74) is -0.00620. The number of carboxylic acid groups (broad SMARTS) is 1. The number of hydrogen-bond donors (Lipinski definition) is 1. The van der Waals surface area contributed by atoms with Crippen LogP contribution in [0, 0.1) is 5.92 Å². The van der Waals surface area contributed by atoms with Gasteiger partial charge >= 0.3 is 5.97 Å². The second-order valence-electron chi connectivity index (χ2n) is 4.70. The molecule has 0 aliphatic carbocycles. The quantitative estimate of drug-likeness (QED) is 0.874. The summed E-state index contributed by atoms with van der Waals surface area (Å²) < 4.78 is 37.4. The zero-order valence-electron chi connectivity index (χ0n) is 11.9. The molecule has 1 unspecified atom stereocenters. The van der Waals surface area contributed by atoms with Gasteiger partial charge in [-0.25, -0.2) is 8.78 Å². The highest BCUT2D eigenvalue weighted by atomic mass is 19.3. The van der Waals surface area contributed by atoms with Crippen molar-refractivity contribution >= 4 is 5.97 Å². The molecule has 1 aromatic rings. The second kappa shape index (κ2) is 6.07. The molecule has 0 aliphatic rings. The number of methoxy groups -OCH3 is 2. The van der Waals surface area contributed by atoms with Crippen molar-refractivity contribution in [3.63, 3.8) is 0 Å². The van der Waals surface area contributed by atoms with Crippen LogP contribution in [0.4, 0.5) is 8.78 Å². The van der Waals surface area contributed by atoms with E-state index in [1.165, 1.54) is 33.3 Å². The van der Waals surface area contributed by atoms with Crippen LogP contribution >= 0.6 is 0 Å². The fraction of sp³-hybridized carbons (Fsp3) is 0.500. The van der Waals surface area contributed by atoms with Crippen LogP contribution in [-0.4, -0.2) is 25.3 Å². The van der Waals surface area contributed by atoms with Gasteiger partial charge in [0.15, 0.2) is 11.5 Å². The van der Waals surface area contributed by atoms with Crippen molar-refractivity contribution in [3.05, 3.63) is 23.3 Å². The van der Waals surface area contributed by atoms with Crippen molar-refractivity contribution in [3.8, 4) is 11.5 Å². The lowest BCUT2D eigenvalue weighted by Crippen LogP contribution is -2.17. The lowest BCUT2D eigenvalue weighted by Gasteiger charge is -2.20. The third-order valence-corrected chi connectivity index (χ3v) is 3.03. The molecule has 0 heterocycles. The average Bonchev–Trinajstić information content (AvgIpc) is 2.36. The standard InChI is InChI=1S/C14H18F2O4/c1-8(13(17)18)5-9-6-11(19-3)12(20-4)7-10(9)14(2,15)16/h6-8H,5H2,1-4H3,(H,17,18). The molecule has 0 saturated heterocycles. The molecule has 1 rings (SSSR count). The minimum Gasteiger partial charge on any atom is -0.493 e. The zero-order chi connectivity index (χ0) is 15.5. The maximum atomic E-state index is 13.7. The van der Waals surface area contributed by atoms with Gasteiger partial charge in [-0.05, 0) is 24.1 Å². The number of halogens is 2. The predicted molar refractivity (Wildman–Crippen MR) is 69.6 cm³/mol. The van der Waals surface area contributed by atoms with Gasteiger partial charge in [-0.2, -0.15) is 0 Å². The van der Waals surface area contributed by atoms with E-state index in [1.54, 1.807) is 0 Å². The van der Waals surface area contributed by atoms with E-state index < -0.39 is 17.8 Å². The number of ether oxygens (including phenoxy) is 2. The summed E-state index contributed by atoms with van der Waals surface area (Å²) in [7, 11) is 2.75. The molecule has 0 radical (unpaired) electrons. The number of alkyl halides is 2. The Bertz CT molecular complexity index is 495. The topological polar surface area (TPSA) is 55.8 Å². The third-order valence-electron chi connectivity index (χ3n) is 3.03. The minimum absolute atomic E-state index is 0.00551. The molecule has 0 saturated carbocycles. The van der Waals surface area contributed by atoms with Gasteiger partial charge in [0, 0.05) is 12.5 Å². The maximum absolute atomic E-state index is 13.7. The smallest absolute Gasteiger partial charge is 0.306 e. The van der Waals surface area contributed by atoms with Gasteiger partial charge < -0.3 is 14.6 Å². The van der Waals surface area contributed by atoms with E-state index in [1.807, 2.05) is 0 Å². The van der Waals surface area contributed by atoms with Crippen LogP contribution in [0.3, 0.4) is 0 Å². The van der Waals surface area contributed by atoms with Crippen LogP contribution in [0.15, 0.2) is 12.1 Å². The molecular weight excluding hydrogens is 270 g/mol. The average molecular weight is 288 g/mol. The maximum Gasteiger partial charge on any atom is 0.306 e. The van der Waals surface area contributed by atoms with Crippen LogP contribution < -0.4 is 9.47 Å². The highest BCUT2D eigenvalue weighted by Gasteiger charge is 2.30. The lowest BCUT2D eigenvalue weighted by atomic mass is 9.93. The van der Waals surface area contributed by atoms with Gasteiger partial charge in [0.25, 0.3) is 5.92 Å². The summed E-state index contributed by atoms with van der Waals surface area (Å²) in [4.78, 5) is 10.9. The van der Waals surface area contributed by atoms with Crippen LogP contribution in [0.25, 0.3) is 0 Å². The molecule has 112 valence electrons. The highest BCUT2D eigenvalue weighted by molar-refractivity contribution is 5.70. The lowest BCUT2D eigenvalue weighted by molar-refractivity contribution is -0.141. The largest absolute Gasteiger partial charge is 0.493 e. The number of benzene rings is 1. The number of hydrogen-bond acceptors (Lipinski definition) is 3. The SMILES string of the molecule is COc1cc(CC(C)C(=O)O)c(C(C)(F)F)cc1OC. The van der Waals surface area contributed by atoms with E-state index in [2.05, 4.69) is 0 Å². The van der Waals surface area contributed by atoms with Gasteiger partial charge in [0.1, 0.15) is 0 Å². The molecule has 6 heteroatoms. The summed E-state index contributed by atoms with van der Waals surface area (Å²) in [5, 5.41) is 8.92. The van der Waals surface area contributed by atoms with Crippen molar-refractivity contribution in [2.24, 2.45) is 5.92 Å². The summed E-state index contributed by atoms with van der Waals surface area (Å²) in [6.07, 6.45) is -0.00551. The van der Waals surface area contributed by atoms with Gasteiger partial charge in [-0.1, -0.05) is 6.92 Å². The Balaban J connectivity index is 3.35. The first-order chi connectivity index (χ1) is 9.20. The van der Waals surface area contributed by atoms with E-state index in [0.29, 0.717) is 5.75 Å². The van der Waals surface area contributed by atoms with E-state index in [9.17, 15) is 13.6 Å². The summed E-state index contributed by atoms with van der Waals surface area (Å²) in [5.74, 6) is -4.41. The molecule has 0 amide bonds. The second-order valence-corrected chi connectivity index (χ2v) is 4.70. The normalized spacial score (nSPS) is 12.9. The van der Waals surface area contributed by atoms with Crippen molar-refractivity contribution in [2.45, 2.75) is 26.2 Å². The molecule has 0 bridgehead atoms. The third kappa shape index (κ3) is 3.59. The van der Waals surface area contributed by atoms with Gasteiger partial charge in [-0.3, -0.25) is 4.79 Å². The van der Waals surface area contributed by atoms with Gasteiger partial charge in [0.05, 0.1) is 20.1 Å². The monoisotopic (exact) mass is 288 g/mol. The fourth-order valence-corrected chi connectivity index (χ4v) is 1.92. The number of rotatable bonds is 6. The Morgan fingerprint density at radius 2 is 1.80 bits per heavy atom. The Morgan fingerprint density at radius 1 is 1.30 bits per heavy atom. The van der Waals surface area contributed by atoms with Crippen molar-refractivity contribution in [1.82, 2.24) is 0 Å². The number of aliphatic carboxylic acids is 1. The Kier molecular flexibility index (Phi) is 4.92. The molecule has 0 fully saturated rings. The fourth-order valence-electron chi connectivity index (χ4n) is 1.92. The van der Waals surface area contributed by atoms with Crippen LogP contribution in [0.2, 0.25) is 0 Å². The van der Waals surface area contributed by atoms with Crippen molar-refractivity contribution < 1.29 is 28.2 Å². The van der Waals surface area contributed by atoms with Crippen molar-refractivity contribution in [2.75, 3.05) is 14.2 Å². The van der Waals surface area contributed by atoms with E-state index in [4.69, 9.17) is 14.6 Å². The van der Waals surface area contributed by atoms with Gasteiger partial charge in [-0.15, -0.1) is 0 Å². The molecule has 1 N–H and O–H groups in total. The minimum atomic E-state index is -3.09. The predicted octanol–water partition coefficient (Wildman–Crippen LogP) is 3.08. The van der Waals surface area contributed by atoms with E-state index in [0.717, 1.165) is 6.92 Å². The molecule has 0 aliphatic heterocycles. The molecule has 1 aromatic carbocycles. The Morgan fingerprint density at radius 3 is 2.20 bits per heavy atom. The van der Waals surface area contributed by atoms with E-state index in [-0.39, 0.29) is 23.3 Å². The highest BCUT2D eigenvalue weighted by Crippen LogP contribution is 2.38. The first kappa shape index (κ1) is 16.2. The molecule has 0 spiro atoms. The molecular formula is C14H18F2O4. The van der Waals surface area contributed by atoms with Crippen LogP contribution in [0.5, 0.6) is 11.5 Å². The molecule has 0 aromatic heterocycles. The Hall–Kier alpha value is -1.85. The first-order valence-corrected chi connectivity index (χ1v) is 6.06. The van der Waals surface area contributed by atoms with Crippen molar-refractivity contribution in [1.29, 1.82) is 0 Å². The first-order valence-electron chi connectivity index (χ1n) is 6.06. The summed E-state index contributed by atoms with van der Waals surface area (Å²) in [6.45, 7) is 2.24. The van der Waals surface area contributed by atoms with Crippen LogP contribution in [-0.2, 0) is 17.1 Å². The molecule has 20 heavy (non-hydrogen) atoms. The van der Waals surface area contributed by atoms with E-state index >= 15 is 0 Å². The summed E-state index contributed by atoms with van der Waals surface area (Å²) in [6, 6.07) is 2.60. The Labute approximate surface area is 116 Å². The zero-order valence-corrected chi connectivity index (χ0v) is 11.9. The van der Waals surface area contributed by atoms with Crippen LogP contribution in [0.1, 0.15) is 25.0 Å². The number of carbonyl (C=O) groups is 1. The number of carboxylic acids is 1. The van der Waals surface area contributed by atoms with Gasteiger partial charge in [0.2, 0.25) is 0 Å². The molecule has 4 nitrogen and oxygen atoms in total. The summed E-state index contributed by atoms with van der Waals surface area (Å²) >= 11 is 0. The molecule has 1 atom stereocenters.